The lowest BCUT2D eigenvalue weighted by atomic mass is 9.99. The predicted molar refractivity (Wildman–Crippen MR) is 104 cm³/mol. The molecule has 0 unspecified atom stereocenters. The Morgan fingerprint density at radius 2 is 1.22 bits per heavy atom. The monoisotopic (exact) mass is 324 g/mol. The van der Waals surface area contributed by atoms with Gasteiger partial charge in [-0.05, 0) is 39.4 Å². The van der Waals surface area contributed by atoms with Gasteiger partial charge in [0.15, 0.2) is 0 Å². The van der Waals surface area contributed by atoms with Crippen LogP contribution in [0.15, 0.2) is 0 Å². The fourth-order valence-corrected chi connectivity index (χ4v) is 3.91. The molecule has 1 aliphatic rings. The first-order valence-corrected chi connectivity index (χ1v) is 10.7. The van der Waals surface area contributed by atoms with E-state index in [0.29, 0.717) is 0 Å². The van der Waals surface area contributed by atoms with Crippen molar-refractivity contribution in [2.24, 2.45) is 0 Å². The first kappa shape index (κ1) is 21.0. The van der Waals surface area contributed by atoms with E-state index in [1.165, 1.54) is 110 Å². The van der Waals surface area contributed by atoms with Crippen LogP contribution in [0.2, 0.25) is 0 Å². The van der Waals surface area contributed by atoms with Crippen molar-refractivity contribution < 1.29 is 0 Å². The molecule has 1 rings (SSSR count). The highest BCUT2D eigenvalue weighted by Crippen LogP contribution is 2.20. The molecule has 0 aromatic rings. The van der Waals surface area contributed by atoms with Crippen LogP contribution in [0.1, 0.15) is 97.3 Å². The minimum atomic E-state index is 0.866. The molecule has 0 atom stereocenters. The van der Waals surface area contributed by atoms with Gasteiger partial charge >= 0.3 is 0 Å². The van der Waals surface area contributed by atoms with Gasteiger partial charge in [-0.1, -0.05) is 78.1 Å². The van der Waals surface area contributed by atoms with E-state index in [0.717, 1.165) is 6.04 Å². The summed E-state index contributed by atoms with van der Waals surface area (Å²) in [5.41, 5.74) is 0. The van der Waals surface area contributed by atoms with E-state index >= 15 is 0 Å². The molecule has 0 aromatic carbocycles. The van der Waals surface area contributed by atoms with Gasteiger partial charge in [-0.15, -0.1) is 0 Å². The molecule has 0 saturated carbocycles. The maximum absolute atomic E-state index is 2.84. The Bertz CT molecular complexity index is 240. The molecule has 0 N–H and O–H groups in total. The number of unbranched alkanes of at least 4 members (excludes halogenated alkanes) is 8. The van der Waals surface area contributed by atoms with Gasteiger partial charge in [0.2, 0.25) is 0 Å². The largest absolute Gasteiger partial charge is 0.305 e. The van der Waals surface area contributed by atoms with Crippen molar-refractivity contribution in [3.8, 4) is 0 Å². The zero-order valence-electron chi connectivity index (χ0n) is 16.5. The predicted octanol–water partition coefficient (Wildman–Crippen LogP) is 5.71. The number of likely N-dealkylation sites (N-methyl/N-ethyl adjacent to an activating group) is 1. The van der Waals surface area contributed by atoms with Crippen molar-refractivity contribution in [2.75, 3.05) is 33.2 Å². The molecule has 1 heterocycles. The van der Waals surface area contributed by atoms with Crippen molar-refractivity contribution >= 4 is 0 Å². The summed E-state index contributed by atoms with van der Waals surface area (Å²) in [6.45, 7) is 9.81. The van der Waals surface area contributed by atoms with Gasteiger partial charge in [0.1, 0.15) is 0 Å². The summed E-state index contributed by atoms with van der Waals surface area (Å²) in [6, 6.07) is 0.866. The third-order valence-electron chi connectivity index (χ3n) is 5.55. The molecule has 1 fully saturated rings. The van der Waals surface area contributed by atoms with Crippen molar-refractivity contribution in [3.63, 3.8) is 0 Å². The van der Waals surface area contributed by atoms with E-state index in [2.05, 4.69) is 30.7 Å². The van der Waals surface area contributed by atoms with Crippen molar-refractivity contribution in [3.05, 3.63) is 0 Å². The zero-order chi connectivity index (χ0) is 16.8. The molecule has 0 spiro atoms. The van der Waals surface area contributed by atoms with E-state index in [1.54, 1.807) is 0 Å². The summed E-state index contributed by atoms with van der Waals surface area (Å²) in [7, 11) is 2.29. The fourth-order valence-electron chi connectivity index (χ4n) is 3.91. The summed E-state index contributed by atoms with van der Waals surface area (Å²) >= 11 is 0. The summed E-state index contributed by atoms with van der Waals surface area (Å²) in [6.07, 6.45) is 18.5. The lowest BCUT2D eigenvalue weighted by Crippen LogP contribution is -2.38. The highest BCUT2D eigenvalue weighted by atomic mass is 15.2. The van der Waals surface area contributed by atoms with Gasteiger partial charge in [0.05, 0.1) is 0 Å². The van der Waals surface area contributed by atoms with E-state index in [1.807, 2.05) is 0 Å². The molecule has 0 radical (unpaired) electrons. The topological polar surface area (TPSA) is 6.48 Å². The van der Waals surface area contributed by atoms with Crippen LogP contribution in [0.4, 0.5) is 0 Å². The third kappa shape index (κ3) is 10.4. The number of rotatable bonds is 13. The molecule has 1 saturated heterocycles. The minimum Gasteiger partial charge on any atom is -0.305 e. The summed E-state index contributed by atoms with van der Waals surface area (Å²) in [5.74, 6) is 0. The first-order valence-electron chi connectivity index (χ1n) is 10.7. The van der Waals surface area contributed by atoms with E-state index < -0.39 is 0 Å². The minimum absolute atomic E-state index is 0.866. The third-order valence-corrected chi connectivity index (χ3v) is 5.55. The lowest BCUT2D eigenvalue weighted by molar-refractivity contribution is 0.176. The Morgan fingerprint density at radius 1 is 0.652 bits per heavy atom. The molecule has 138 valence electrons. The second-order valence-corrected chi connectivity index (χ2v) is 7.75. The van der Waals surface area contributed by atoms with E-state index in [-0.39, 0.29) is 0 Å². The molecule has 0 amide bonds. The van der Waals surface area contributed by atoms with E-state index in [9.17, 15) is 0 Å². The summed E-state index contributed by atoms with van der Waals surface area (Å²) in [5, 5.41) is 0. The Labute approximate surface area is 147 Å². The highest BCUT2D eigenvalue weighted by molar-refractivity contribution is 4.76. The smallest absolute Gasteiger partial charge is 0.0112 e. The van der Waals surface area contributed by atoms with E-state index in [4.69, 9.17) is 0 Å². The summed E-state index contributed by atoms with van der Waals surface area (Å²) < 4.78 is 0. The molecule has 1 aliphatic heterocycles. The number of hydrogen-bond donors (Lipinski definition) is 0. The van der Waals surface area contributed by atoms with Crippen LogP contribution < -0.4 is 0 Å². The van der Waals surface area contributed by atoms with Crippen molar-refractivity contribution in [1.82, 2.24) is 9.80 Å². The Hall–Kier alpha value is -0.0800. The SMILES string of the molecule is CCCCCCCC(CCCCCCC)N1CCCN(C)CC1. The maximum Gasteiger partial charge on any atom is 0.0112 e. The second-order valence-electron chi connectivity index (χ2n) is 7.75. The number of nitrogens with zero attached hydrogens (tertiary/aromatic N) is 2. The van der Waals surface area contributed by atoms with Crippen LogP contribution >= 0.6 is 0 Å². The quantitative estimate of drug-likeness (QED) is 0.400. The summed E-state index contributed by atoms with van der Waals surface area (Å²) in [4.78, 5) is 5.35. The van der Waals surface area contributed by atoms with Gasteiger partial charge in [0.25, 0.3) is 0 Å². The maximum atomic E-state index is 2.84. The van der Waals surface area contributed by atoms with Crippen LogP contribution in [0.25, 0.3) is 0 Å². The van der Waals surface area contributed by atoms with Crippen molar-refractivity contribution in [2.45, 2.75) is 103 Å². The van der Waals surface area contributed by atoms with Crippen LogP contribution in [0.5, 0.6) is 0 Å². The van der Waals surface area contributed by atoms with Gasteiger partial charge in [-0.2, -0.15) is 0 Å². The molecular formula is C21H44N2. The molecule has 23 heavy (non-hydrogen) atoms. The van der Waals surface area contributed by atoms with Crippen LogP contribution in [-0.4, -0.2) is 49.1 Å². The molecule has 0 aliphatic carbocycles. The second kappa shape index (κ2) is 14.3. The van der Waals surface area contributed by atoms with Gasteiger partial charge in [-0.25, -0.2) is 0 Å². The Morgan fingerprint density at radius 3 is 1.78 bits per heavy atom. The molecule has 2 nitrogen and oxygen atoms in total. The highest BCUT2D eigenvalue weighted by Gasteiger charge is 2.20. The first-order chi connectivity index (χ1) is 11.3. The average molecular weight is 325 g/mol. The molecule has 0 aromatic heterocycles. The Kier molecular flexibility index (Phi) is 13.0. The van der Waals surface area contributed by atoms with Crippen molar-refractivity contribution in [1.29, 1.82) is 0 Å². The zero-order valence-corrected chi connectivity index (χ0v) is 16.5. The number of hydrogen-bond acceptors (Lipinski definition) is 2. The van der Waals surface area contributed by atoms with Crippen LogP contribution in [0.3, 0.4) is 0 Å². The lowest BCUT2D eigenvalue weighted by Gasteiger charge is -2.31. The van der Waals surface area contributed by atoms with Gasteiger partial charge in [0, 0.05) is 19.1 Å². The van der Waals surface area contributed by atoms with Crippen LogP contribution in [-0.2, 0) is 0 Å². The van der Waals surface area contributed by atoms with Gasteiger partial charge in [-0.3, -0.25) is 4.90 Å². The normalized spacial score (nSPS) is 17.7. The molecule has 2 heteroatoms. The average Bonchev–Trinajstić information content (AvgIpc) is 2.77. The molecular weight excluding hydrogens is 280 g/mol. The Balaban J connectivity index is 2.33. The van der Waals surface area contributed by atoms with Crippen LogP contribution in [0, 0.1) is 0 Å². The standard InChI is InChI=1S/C21H44N2/c1-4-6-8-10-12-15-21(16-13-11-9-7-5-2)23-18-14-17-22(3)19-20-23/h21H,4-20H2,1-3H3. The fraction of sp³-hybridized carbons (Fsp3) is 1.00. The van der Waals surface area contributed by atoms with Gasteiger partial charge < -0.3 is 4.90 Å². The molecule has 0 bridgehead atoms.